The zero-order valence-corrected chi connectivity index (χ0v) is 37.0. The number of methoxy groups -OCH3 is 3. The molecule has 2 heterocycles. The number of pyridine rings is 1. The molecule has 3 amide bonds. The smallest absolute Gasteiger partial charge is 0.323 e. The third kappa shape index (κ3) is 11.4. The summed E-state index contributed by atoms with van der Waals surface area (Å²) < 4.78 is 38.4. The lowest BCUT2D eigenvalue weighted by atomic mass is 9.86. The number of ether oxygens (including phenoxy) is 4. The van der Waals surface area contributed by atoms with Gasteiger partial charge in [0.1, 0.15) is 45.4 Å². The van der Waals surface area contributed by atoms with Crippen molar-refractivity contribution in [3.05, 3.63) is 90.1 Å². The van der Waals surface area contributed by atoms with E-state index in [2.05, 4.69) is 61.5 Å². The molecule has 16 nitrogen and oxygen atoms in total. The molecule has 1 aliphatic rings. The molecular formula is C45H56N8O8S. The van der Waals surface area contributed by atoms with Crippen molar-refractivity contribution in [2.75, 3.05) is 101 Å². The van der Waals surface area contributed by atoms with Crippen molar-refractivity contribution in [3.8, 4) is 28.7 Å². The highest BCUT2D eigenvalue weighted by atomic mass is 32.2. The summed E-state index contributed by atoms with van der Waals surface area (Å²) in [4.78, 5) is 36.0. The van der Waals surface area contributed by atoms with Gasteiger partial charge in [-0.1, -0.05) is 45.0 Å². The van der Waals surface area contributed by atoms with Gasteiger partial charge in [-0.15, -0.1) is 0 Å². The van der Waals surface area contributed by atoms with Crippen LogP contribution in [0.1, 0.15) is 36.7 Å². The van der Waals surface area contributed by atoms with E-state index in [1.165, 1.54) is 27.6 Å². The summed E-state index contributed by atoms with van der Waals surface area (Å²) in [6.07, 6.45) is 3.14. The van der Waals surface area contributed by atoms with Gasteiger partial charge in [0, 0.05) is 92.9 Å². The van der Waals surface area contributed by atoms with Crippen LogP contribution in [0.3, 0.4) is 0 Å². The van der Waals surface area contributed by atoms with E-state index in [0.717, 1.165) is 42.5 Å². The number of benzene rings is 4. The zero-order chi connectivity index (χ0) is 44.4. The van der Waals surface area contributed by atoms with Gasteiger partial charge in [0.15, 0.2) is 5.75 Å². The molecule has 0 spiro atoms. The predicted molar refractivity (Wildman–Crippen MR) is 245 cm³/mol. The molecule has 0 saturated carbocycles. The maximum absolute atomic E-state index is 13.6. The Hall–Kier alpha value is -6.14. The summed E-state index contributed by atoms with van der Waals surface area (Å²) in [5.74, 6) is 2.23. The van der Waals surface area contributed by atoms with Crippen LogP contribution in [0.15, 0.2) is 79.0 Å². The second kappa shape index (κ2) is 20.6. The number of hydrogen-bond donors (Lipinski definition) is 6. The highest BCUT2D eigenvalue weighted by Gasteiger charge is 2.24. The molecule has 0 bridgehead atoms. The number of aliphatic hydroxyl groups is 1. The molecule has 0 radical (unpaired) electrons. The summed E-state index contributed by atoms with van der Waals surface area (Å²) in [7, 11) is 3.12. The molecule has 1 aromatic heterocycles. The number of carbonyl (C=O) groups is 2. The highest BCUT2D eigenvalue weighted by Crippen LogP contribution is 2.40. The number of nitrogens with one attached hydrogen (secondary N) is 5. The fraction of sp³-hybridized carbons (Fsp3) is 0.356. The van der Waals surface area contributed by atoms with Crippen molar-refractivity contribution in [3.63, 3.8) is 0 Å². The number of rotatable bonds is 17. The molecule has 1 fully saturated rings. The lowest BCUT2D eigenvalue weighted by Gasteiger charge is -2.34. The van der Waals surface area contributed by atoms with Crippen molar-refractivity contribution in [2.24, 2.45) is 0 Å². The number of β-amino-alcohol motifs (C(OH)–C–C–N with tert-alkyl or cyclic N) is 1. The topological polar surface area (TPSA) is 188 Å². The number of aromatic nitrogens is 1. The second-order valence-electron chi connectivity index (χ2n) is 15.7. The van der Waals surface area contributed by atoms with E-state index in [4.69, 9.17) is 18.9 Å². The van der Waals surface area contributed by atoms with Crippen LogP contribution in [-0.4, -0.2) is 116 Å². The molecule has 1 atom stereocenters. The van der Waals surface area contributed by atoms with Gasteiger partial charge < -0.3 is 50.0 Å². The number of piperazine rings is 1. The average molecular weight is 869 g/mol. The largest absolute Gasteiger partial charge is 0.496 e. The monoisotopic (exact) mass is 868 g/mol. The molecule has 4 aromatic carbocycles. The van der Waals surface area contributed by atoms with E-state index in [0.29, 0.717) is 76.9 Å². The molecule has 330 valence electrons. The van der Waals surface area contributed by atoms with E-state index in [-0.39, 0.29) is 23.5 Å². The molecular weight excluding hydrogens is 813 g/mol. The van der Waals surface area contributed by atoms with Crippen LogP contribution < -0.4 is 44.9 Å². The molecule has 17 heteroatoms. The number of fused-ring (bicyclic) bond motifs is 1. The van der Waals surface area contributed by atoms with Gasteiger partial charge in [0.25, 0.3) is 5.91 Å². The zero-order valence-electron chi connectivity index (χ0n) is 36.2. The first kappa shape index (κ1) is 45.4. The van der Waals surface area contributed by atoms with Gasteiger partial charge >= 0.3 is 6.03 Å². The minimum absolute atomic E-state index is 0.154. The molecule has 5 aromatic rings. The Balaban J connectivity index is 1.14. The minimum Gasteiger partial charge on any atom is -0.496 e. The van der Waals surface area contributed by atoms with Crippen LogP contribution in [0.25, 0.3) is 10.8 Å². The minimum atomic E-state index is -1.37. The highest BCUT2D eigenvalue weighted by molar-refractivity contribution is 7.85. The third-order valence-corrected chi connectivity index (χ3v) is 10.9. The Bertz CT molecular complexity index is 2380. The molecule has 1 saturated heterocycles. The van der Waals surface area contributed by atoms with Crippen LogP contribution in [-0.2, 0) is 16.4 Å². The number of nitrogens with zero attached hydrogens (tertiary/aromatic N) is 3. The van der Waals surface area contributed by atoms with Gasteiger partial charge in [0.2, 0.25) is 0 Å². The van der Waals surface area contributed by atoms with Crippen molar-refractivity contribution in [1.82, 2.24) is 20.1 Å². The number of aliphatic hydroxyl groups excluding tert-OH is 1. The number of carbonyl (C=O) groups excluding carboxylic acids is 2. The first-order chi connectivity index (χ1) is 29.8. The molecule has 1 unspecified atom stereocenters. The molecule has 0 aliphatic carbocycles. The van der Waals surface area contributed by atoms with Crippen LogP contribution in [0.2, 0.25) is 0 Å². The SMILES string of the molecule is COc1cc(Nc2cc(Oc3ccc(NC(=O)Nc4cc(C(C)(C)C)cc(NS(C)=O)c4OC)c4ccccc34)ccn2)cc(OC)c1C(=O)NCCN1CCN(CCO)CC1. The number of urea groups is 1. The third-order valence-electron chi connectivity index (χ3n) is 10.4. The van der Waals surface area contributed by atoms with Crippen LogP contribution in [0.5, 0.6) is 28.7 Å². The Morgan fingerprint density at radius 3 is 2.06 bits per heavy atom. The van der Waals surface area contributed by atoms with E-state index >= 15 is 0 Å². The summed E-state index contributed by atoms with van der Waals surface area (Å²) in [6, 6.07) is 21.2. The van der Waals surface area contributed by atoms with E-state index in [1.807, 2.05) is 36.4 Å². The number of hydrogen-bond acceptors (Lipinski definition) is 12. The maximum atomic E-state index is 13.6. The molecule has 1 aliphatic heterocycles. The van der Waals surface area contributed by atoms with Crippen LogP contribution in [0.4, 0.5) is 33.4 Å². The van der Waals surface area contributed by atoms with E-state index in [1.54, 1.807) is 42.6 Å². The standard InChI is InChI=1S/C45H56N8O8S/c1-45(2,3)29-24-35(42(60-6)36(25-29)51-62(7)57)50-44(56)49-34-12-13-37(33-11-9-8-10-32(33)34)61-31-14-15-46-40(28-31)48-30-26-38(58-4)41(39(27-30)59-5)43(55)47-16-17-52-18-20-53(21-19-52)22-23-54/h8-15,24-28,51,54H,16-23H2,1-7H3,(H,46,48)(H,47,55)(H2,49,50,56). The first-order valence-electron chi connectivity index (χ1n) is 20.2. The lowest BCUT2D eigenvalue weighted by Crippen LogP contribution is -2.49. The first-order valence-corrected chi connectivity index (χ1v) is 21.8. The predicted octanol–water partition coefficient (Wildman–Crippen LogP) is 6.78. The average Bonchev–Trinajstić information content (AvgIpc) is 3.24. The molecule has 6 rings (SSSR count). The Kier molecular flexibility index (Phi) is 15.1. The van der Waals surface area contributed by atoms with Gasteiger partial charge in [-0.05, 0) is 41.3 Å². The fourth-order valence-corrected chi connectivity index (χ4v) is 7.63. The van der Waals surface area contributed by atoms with Gasteiger partial charge in [-0.2, -0.15) is 0 Å². The summed E-state index contributed by atoms with van der Waals surface area (Å²) in [5, 5.41) is 22.9. The van der Waals surface area contributed by atoms with Crippen LogP contribution in [0, 0.1) is 0 Å². The van der Waals surface area contributed by atoms with Crippen LogP contribution >= 0.6 is 0 Å². The number of amides is 3. The van der Waals surface area contributed by atoms with Gasteiger partial charge in [0.05, 0.1) is 45.0 Å². The quantitative estimate of drug-likeness (QED) is 0.0576. The van der Waals surface area contributed by atoms with Crippen molar-refractivity contribution in [2.45, 2.75) is 26.2 Å². The number of anilines is 5. The van der Waals surface area contributed by atoms with Crippen molar-refractivity contribution < 1.29 is 37.9 Å². The van der Waals surface area contributed by atoms with E-state index < -0.39 is 17.0 Å². The van der Waals surface area contributed by atoms with Gasteiger partial charge in [-0.25, -0.2) is 14.0 Å². The maximum Gasteiger partial charge on any atom is 0.323 e. The van der Waals surface area contributed by atoms with Crippen molar-refractivity contribution >= 4 is 62.3 Å². The molecule has 6 N–H and O–H groups in total. The Labute approximate surface area is 364 Å². The Morgan fingerprint density at radius 1 is 0.790 bits per heavy atom. The van der Waals surface area contributed by atoms with Crippen molar-refractivity contribution in [1.29, 1.82) is 0 Å². The van der Waals surface area contributed by atoms with Gasteiger partial charge in [-0.3, -0.25) is 14.6 Å². The normalized spacial score (nSPS) is 13.8. The summed E-state index contributed by atoms with van der Waals surface area (Å²) >= 11 is 0. The molecule has 62 heavy (non-hydrogen) atoms. The fourth-order valence-electron chi connectivity index (χ4n) is 7.17. The Morgan fingerprint density at radius 2 is 1.44 bits per heavy atom. The lowest BCUT2D eigenvalue weighted by molar-refractivity contribution is 0.0920. The summed E-state index contributed by atoms with van der Waals surface area (Å²) in [5.41, 5.74) is 2.98. The summed E-state index contributed by atoms with van der Waals surface area (Å²) in [6.45, 7) is 11.7. The van der Waals surface area contributed by atoms with E-state index in [9.17, 15) is 18.9 Å². The second-order valence-corrected chi connectivity index (χ2v) is 16.8.